The van der Waals surface area contributed by atoms with E-state index in [9.17, 15) is 18.0 Å². The van der Waals surface area contributed by atoms with Gasteiger partial charge in [0.25, 0.3) is 0 Å². The summed E-state index contributed by atoms with van der Waals surface area (Å²) >= 11 is 1.62. The Bertz CT molecular complexity index is 1150. The number of aromatic nitrogens is 1. The second-order valence-electron chi connectivity index (χ2n) is 7.65. The van der Waals surface area contributed by atoms with Crippen molar-refractivity contribution < 1.29 is 22.7 Å². The van der Waals surface area contributed by atoms with E-state index in [1.165, 1.54) is 0 Å². The third kappa shape index (κ3) is 8.47. The number of hydrogen-bond donors (Lipinski definition) is 2. The van der Waals surface area contributed by atoms with Gasteiger partial charge in [-0.3, -0.25) is 4.79 Å². The van der Waals surface area contributed by atoms with Crippen molar-refractivity contribution in [2.45, 2.75) is 31.9 Å². The van der Waals surface area contributed by atoms with E-state index in [0.29, 0.717) is 19.4 Å². The van der Waals surface area contributed by atoms with Crippen LogP contribution in [0, 0.1) is 0 Å². The lowest BCUT2D eigenvalue weighted by molar-refractivity contribution is -0.123. The molecule has 2 amide bonds. The van der Waals surface area contributed by atoms with Crippen molar-refractivity contribution in [1.82, 2.24) is 15.6 Å². The number of fused-ring (bicyclic) bond motifs is 1. The molecule has 0 radical (unpaired) electrons. The summed E-state index contributed by atoms with van der Waals surface area (Å²) in [5, 5.41) is 6.25. The fourth-order valence-corrected chi connectivity index (χ4v) is 4.78. The Morgan fingerprint density at radius 2 is 1.82 bits per heavy atom. The second-order valence-corrected chi connectivity index (χ2v) is 11.0. The van der Waals surface area contributed by atoms with Crippen LogP contribution in [-0.4, -0.2) is 50.0 Å². The van der Waals surface area contributed by atoms with Crippen molar-refractivity contribution in [2.24, 2.45) is 0 Å². The van der Waals surface area contributed by atoms with Crippen LogP contribution in [-0.2, 0) is 32.4 Å². The van der Waals surface area contributed by atoms with Crippen molar-refractivity contribution in [2.75, 3.05) is 18.6 Å². The van der Waals surface area contributed by atoms with Crippen molar-refractivity contribution >= 4 is 43.4 Å². The number of aryl methyl sites for hydroxylation is 1. The highest BCUT2D eigenvalue weighted by molar-refractivity contribution is 7.90. The summed E-state index contributed by atoms with van der Waals surface area (Å²) in [7, 11) is -3.30. The van der Waals surface area contributed by atoms with Gasteiger partial charge in [-0.25, -0.2) is 18.2 Å². The molecule has 0 bridgehead atoms. The SMILES string of the molecule is CS(=O)(=O)CCC(NC(=O)OCc1ccccc1)C(=O)NCCCc1nc2ccccc2s1. The number of carbonyl (C=O) groups excluding carboxylic acids is 2. The molecule has 1 unspecified atom stereocenters. The van der Waals surface area contributed by atoms with E-state index in [-0.39, 0.29) is 18.8 Å². The molecular weight excluding hydrogens is 462 g/mol. The quantitative estimate of drug-likeness (QED) is 0.400. The zero-order chi connectivity index (χ0) is 23.7. The molecular formula is C23H27N3O5S2. The zero-order valence-corrected chi connectivity index (χ0v) is 20.0. The number of benzene rings is 2. The fourth-order valence-electron chi connectivity index (χ4n) is 3.11. The number of hydrogen-bond acceptors (Lipinski definition) is 7. The van der Waals surface area contributed by atoms with Crippen LogP contribution in [0.2, 0.25) is 0 Å². The average molecular weight is 490 g/mol. The summed E-state index contributed by atoms with van der Waals surface area (Å²) in [4.78, 5) is 29.4. The predicted octanol–water partition coefficient (Wildman–Crippen LogP) is 3.07. The van der Waals surface area contributed by atoms with Gasteiger partial charge in [-0.05, 0) is 30.5 Å². The fraction of sp³-hybridized carbons (Fsp3) is 0.348. The zero-order valence-electron chi connectivity index (χ0n) is 18.3. The van der Waals surface area contributed by atoms with Gasteiger partial charge in [-0.2, -0.15) is 0 Å². The van der Waals surface area contributed by atoms with Gasteiger partial charge in [0.15, 0.2) is 0 Å². The number of amides is 2. The van der Waals surface area contributed by atoms with Gasteiger partial charge in [-0.1, -0.05) is 42.5 Å². The van der Waals surface area contributed by atoms with E-state index in [0.717, 1.165) is 27.0 Å². The Morgan fingerprint density at radius 1 is 1.09 bits per heavy atom. The number of carbonyl (C=O) groups is 2. The average Bonchev–Trinajstić information content (AvgIpc) is 3.21. The molecule has 0 aliphatic heterocycles. The number of nitrogens with zero attached hydrogens (tertiary/aromatic N) is 1. The molecule has 1 atom stereocenters. The first kappa shape index (κ1) is 24.7. The van der Waals surface area contributed by atoms with Gasteiger partial charge in [0.2, 0.25) is 5.91 Å². The van der Waals surface area contributed by atoms with Crippen molar-refractivity contribution in [3.05, 3.63) is 65.2 Å². The van der Waals surface area contributed by atoms with E-state index in [2.05, 4.69) is 15.6 Å². The first-order valence-corrected chi connectivity index (χ1v) is 13.4. The maximum Gasteiger partial charge on any atom is 0.408 e. The Balaban J connectivity index is 1.48. The normalized spacial score (nSPS) is 12.3. The Kier molecular flexibility index (Phi) is 8.79. The van der Waals surface area contributed by atoms with Crippen LogP contribution in [0.1, 0.15) is 23.4 Å². The Hall–Kier alpha value is -2.98. The molecule has 0 aliphatic rings. The number of nitrogens with one attached hydrogen (secondary N) is 2. The molecule has 3 aromatic rings. The number of para-hydroxylation sites is 1. The van der Waals surface area contributed by atoms with Gasteiger partial charge in [0, 0.05) is 19.2 Å². The lowest BCUT2D eigenvalue weighted by Crippen LogP contribution is -2.48. The van der Waals surface area contributed by atoms with Crippen molar-refractivity contribution in [3.8, 4) is 0 Å². The van der Waals surface area contributed by atoms with Crippen LogP contribution in [0.5, 0.6) is 0 Å². The summed E-state index contributed by atoms with van der Waals surface area (Å²) < 4.78 is 29.4. The molecule has 0 saturated carbocycles. The van der Waals surface area contributed by atoms with E-state index in [1.807, 2.05) is 54.6 Å². The molecule has 8 nitrogen and oxygen atoms in total. The number of thiazole rings is 1. The summed E-state index contributed by atoms with van der Waals surface area (Å²) in [5.41, 5.74) is 1.76. The molecule has 2 N–H and O–H groups in total. The van der Waals surface area contributed by atoms with Gasteiger partial charge in [0.05, 0.1) is 21.0 Å². The maximum atomic E-state index is 12.6. The number of ether oxygens (including phenoxy) is 1. The van der Waals surface area contributed by atoms with Crippen molar-refractivity contribution in [1.29, 1.82) is 0 Å². The molecule has 1 aromatic heterocycles. The van der Waals surface area contributed by atoms with Crippen LogP contribution in [0.3, 0.4) is 0 Å². The molecule has 1 heterocycles. The van der Waals surface area contributed by atoms with Crippen LogP contribution in [0.15, 0.2) is 54.6 Å². The molecule has 176 valence electrons. The lowest BCUT2D eigenvalue weighted by Gasteiger charge is -2.18. The highest BCUT2D eigenvalue weighted by Crippen LogP contribution is 2.22. The predicted molar refractivity (Wildman–Crippen MR) is 129 cm³/mol. The van der Waals surface area contributed by atoms with Crippen molar-refractivity contribution in [3.63, 3.8) is 0 Å². The third-order valence-corrected chi connectivity index (χ3v) is 6.88. The largest absolute Gasteiger partial charge is 0.445 e. The van der Waals surface area contributed by atoms with Gasteiger partial charge in [0.1, 0.15) is 22.5 Å². The number of alkyl carbamates (subject to hydrolysis) is 1. The van der Waals surface area contributed by atoms with Crippen LogP contribution in [0.25, 0.3) is 10.2 Å². The van der Waals surface area contributed by atoms with E-state index in [1.54, 1.807) is 11.3 Å². The molecule has 3 rings (SSSR count). The summed E-state index contributed by atoms with van der Waals surface area (Å²) in [6, 6.07) is 16.0. The maximum absolute atomic E-state index is 12.6. The first-order chi connectivity index (χ1) is 15.8. The molecule has 0 spiro atoms. The first-order valence-electron chi connectivity index (χ1n) is 10.6. The minimum Gasteiger partial charge on any atom is -0.445 e. The minimum absolute atomic E-state index is 0.0387. The van der Waals surface area contributed by atoms with E-state index >= 15 is 0 Å². The van der Waals surface area contributed by atoms with Gasteiger partial charge < -0.3 is 15.4 Å². The Labute approximate surface area is 197 Å². The summed E-state index contributed by atoms with van der Waals surface area (Å²) in [6.45, 7) is 0.431. The van der Waals surface area contributed by atoms with E-state index < -0.39 is 27.9 Å². The smallest absolute Gasteiger partial charge is 0.408 e. The summed E-state index contributed by atoms with van der Waals surface area (Å²) in [6.07, 6.45) is 1.65. The lowest BCUT2D eigenvalue weighted by atomic mass is 10.2. The molecule has 33 heavy (non-hydrogen) atoms. The molecule has 0 saturated heterocycles. The van der Waals surface area contributed by atoms with Crippen LogP contribution < -0.4 is 10.6 Å². The highest BCUT2D eigenvalue weighted by atomic mass is 32.2. The minimum atomic E-state index is -3.30. The number of rotatable bonds is 11. The van der Waals surface area contributed by atoms with Crippen LogP contribution in [0.4, 0.5) is 4.79 Å². The standard InChI is InChI=1S/C23H27N3O5S2/c1-33(29,30)15-13-19(26-23(28)31-16-17-8-3-2-4-9-17)22(27)24-14-7-12-21-25-18-10-5-6-11-20(18)32-21/h2-6,8-11,19H,7,12-16H2,1H3,(H,24,27)(H,26,28). The van der Waals surface area contributed by atoms with Gasteiger partial charge in [-0.15, -0.1) is 11.3 Å². The van der Waals surface area contributed by atoms with E-state index in [4.69, 9.17) is 4.74 Å². The highest BCUT2D eigenvalue weighted by Gasteiger charge is 2.23. The van der Waals surface area contributed by atoms with Crippen LogP contribution >= 0.6 is 11.3 Å². The third-order valence-electron chi connectivity index (χ3n) is 4.80. The molecule has 0 aliphatic carbocycles. The molecule has 0 fully saturated rings. The topological polar surface area (TPSA) is 114 Å². The monoisotopic (exact) mass is 489 g/mol. The number of sulfone groups is 1. The molecule has 2 aromatic carbocycles. The summed E-state index contributed by atoms with van der Waals surface area (Å²) in [5.74, 6) is -0.671. The Morgan fingerprint density at radius 3 is 2.55 bits per heavy atom. The van der Waals surface area contributed by atoms with Gasteiger partial charge >= 0.3 is 6.09 Å². The molecule has 10 heteroatoms. The second kappa shape index (κ2) is 11.8.